The Labute approximate surface area is 143 Å². The van der Waals surface area contributed by atoms with E-state index >= 15 is 0 Å². The third-order valence-electron chi connectivity index (χ3n) is 4.79. The number of rotatable bonds is 2. The van der Waals surface area contributed by atoms with Crippen molar-refractivity contribution < 1.29 is 9.59 Å². The van der Waals surface area contributed by atoms with E-state index in [2.05, 4.69) is 10.6 Å². The first-order valence-corrected chi connectivity index (χ1v) is 8.80. The summed E-state index contributed by atoms with van der Waals surface area (Å²) < 4.78 is 0. The van der Waals surface area contributed by atoms with Crippen molar-refractivity contribution in [3.8, 4) is 0 Å². The number of aryl methyl sites for hydroxylation is 1. The first kappa shape index (κ1) is 16.6. The molecule has 130 valence electrons. The molecule has 2 aliphatic heterocycles. The van der Waals surface area contributed by atoms with Gasteiger partial charge in [-0.1, -0.05) is 17.7 Å². The molecule has 2 N–H and O–H groups in total. The monoisotopic (exact) mass is 330 g/mol. The van der Waals surface area contributed by atoms with Crippen LogP contribution in [0, 0.1) is 6.92 Å². The Kier molecular flexibility index (Phi) is 5.23. The molecule has 2 saturated heterocycles. The molecular weight excluding hydrogens is 304 g/mol. The number of nitrogens with zero attached hydrogens (tertiary/aromatic N) is 2. The van der Waals surface area contributed by atoms with Crippen LogP contribution in [0.15, 0.2) is 24.3 Å². The molecule has 24 heavy (non-hydrogen) atoms. The first-order valence-electron chi connectivity index (χ1n) is 8.80. The summed E-state index contributed by atoms with van der Waals surface area (Å²) in [5.41, 5.74) is 1.95. The minimum atomic E-state index is -0.178. The van der Waals surface area contributed by atoms with Crippen molar-refractivity contribution in [1.82, 2.24) is 15.1 Å². The number of piperidine rings is 1. The summed E-state index contributed by atoms with van der Waals surface area (Å²) in [5.74, 6) is 0. The molecule has 2 fully saturated rings. The van der Waals surface area contributed by atoms with E-state index in [-0.39, 0.29) is 18.1 Å². The average molecular weight is 330 g/mol. The first-order chi connectivity index (χ1) is 11.6. The molecule has 0 bridgehead atoms. The van der Waals surface area contributed by atoms with Gasteiger partial charge < -0.3 is 20.4 Å². The fraction of sp³-hybridized carbons (Fsp3) is 0.556. The van der Waals surface area contributed by atoms with Gasteiger partial charge in [0.2, 0.25) is 0 Å². The fourth-order valence-electron chi connectivity index (χ4n) is 3.31. The van der Waals surface area contributed by atoms with Crippen LogP contribution in [0.2, 0.25) is 0 Å². The molecule has 0 spiro atoms. The van der Waals surface area contributed by atoms with Gasteiger partial charge in [0.1, 0.15) is 0 Å². The second kappa shape index (κ2) is 7.55. The molecule has 0 aromatic heterocycles. The van der Waals surface area contributed by atoms with E-state index in [1.165, 1.54) is 0 Å². The molecule has 0 radical (unpaired) electrons. The zero-order valence-corrected chi connectivity index (χ0v) is 14.3. The Morgan fingerprint density at radius 2 is 1.54 bits per heavy atom. The lowest BCUT2D eigenvalue weighted by Crippen LogP contribution is -2.50. The number of carbonyl (C=O) groups excluding carboxylic acids is 2. The van der Waals surface area contributed by atoms with Gasteiger partial charge in [0.25, 0.3) is 0 Å². The van der Waals surface area contributed by atoms with Crippen LogP contribution in [0.5, 0.6) is 0 Å². The van der Waals surface area contributed by atoms with Crippen molar-refractivity contribution in [2.45, 2.75) is 38.6 Å². The predicted octanol–water partition coefficient (Wildman–Crippen LogP) is 2.80. The maximum Gasteiger partial charge on any atom is 0.319 e. The second-order valence-electron chi connectivity index (χ2n) is 6.70. The summed E-state index contributed by atoms with van der Waals surface area (Å²) >= 11 is 0. The SMILES string of the molecule is Cc1ccc(NC(=O)NC2CCN(C(=O)N3CCCC3)CC2)cc1. The van der Waals surface area contributed by atoms with Crippen molar-refractivity contribution in [2.75, 3.05) is 31.5 Å². The molecule has 1 aromatic rings. The predicted molar refractivity (Wildman–Crippen MR) is 94.1 cm³/mol. The Bertz CT molecular complexity index is 573. The van der Waals surface area contributed by atoms with Gasteiger partial charge in [-0.25, -0.2) is 9.59 Å². The van der Waals surface area contributed by atoms with Gasteiger partial charge in [-0.05, 0) is 44.7 Å². The van der Waals surface area contributed by atoms with Crippen LogP contribution in [0.1, 0.15) is 31.2 Å². The molecule has 2 heterocycles. The molecule has 3 rings (SSSR count). The number of anilines is 1. The van der Waals surface area contributed by atoms with Gasteiger partial charge in [-0.15, -0.1) is 0 Å². The number of carbonyl (C=O) groups is 2. The Hall–Kier alpha value is -2.24. The lowest BCUT2D eigenvalue weighted by Gasteiger charge is -2.34. The summed E-state index contributed by atoms with van der Waals surface area (Å²) in [5, 5.41) is 5.87. The molecule has 6 heteroatoms. The Balaban J connectivity index is 1.42. The normalized spacial score (nSPS) is 18.5. The van der Waals surface area contributed by atoms with E-state index < -0.39 is 0 Å². The van der Waals surface area contributed by atoms with E-state index in [1.807, 2.05) is 41.0 Å². The third kappa shape index (κ3) is 4.19. The molecule has 0 saturated carbocycles. The summed E-state index contributed by atoms with van der Waals surface area (Å²) in [6, 6.07) is 7.84. The lowest BCUT2D eigenvalue weighted by molar-refractivity contribution is 0.146. The number of likely N-dealkylation sites (tertiary alicyclic amines) is 2. The zero-order valence-electron chi connectivity index (χ0n) is 14.3. The van der Waals surface area contributed by atoms with Crippen molar-refractivity contribution in [3.63, 3.8) is 0 Å². The standard InChI is InChI=1S/C18H26N4O2/c1-14-4-6-15(7-5-14)19-17(23)20-16-8-12-22(13-9-16)18(24)21-10-2-3-11-21/h4-7,16H,2-3,8-13H2,1H3,(H2,19,20,23). The van der Waals surface area contributed by atoms with Crippen molar-refractivity contribution in [2.24, 2.45) is 0 Å². The molecule has 0 aliphatic carbocycles. The van der Waals surface area contributed by atoms with Crippen LogP contribution >= 0.6 is 0 Å². The molecule has 2 aliphatic rings. The number of nitrogens with one attached hydrogen (secondary N) is 2. The maximum absolute atomic E-state index is 12.4. The van der Waals surface area contributed by atoms with Gasteiger partial charge in [0.05, 0.1) is 0 Å². The number of benzene rings is 1. The average Bonchev–Trinajstić information content (AvgIpc) is 3.11. The summed E-state index contributed by atoms with van der Waals surface area (Å²) in [6.45, 7) is 5.21. The van der Waals surface area contributed by atoms with E-state index in [0.29, 0.717) is 13.1 Å². The minimum Gasteiger partial charge on any atom is -0.335 e. The highest BCUT2D eigenvalue weighted by atomic mass is 16.2. The van der Waals surface area contributed by atoms with Crippen LogP contribution < -0.4 is 10.6 Å². The van der Waals surface area contributed by atoms with E-state index in [4.69, 9.17) is 0 Å². The van der Waals surface area contributed by atoms with Crippen molar-refractivity contribution in [3.05, 3.63) is 29.8 Å². The lowest BCUT2D eigenvalue weighted by atomic mass is 10.1. The fourth-order valence-corrected chi connectivity index (χ4v) is 3.31. The summed E-state index contributed by atoms with van der Waals surface area (Å²) in [7, 11) is 0. The molecule has 0 atom stereocenters. The molecular formula is C18H26N4O2. The van der Waals surface area contributed by atoms with Gasteiger partial charge in [-0.2, -0.15) is 0 Å². The second-order valence-corrected chi connectivity index (χ2v) is 6.70. The van der Waals surface area contributed by atoms with E-state index in [9.17, 15) is 9.59 Å². The van der Waals surface area contributed by atoms with Gasteiger partial charge >= 0.3 is 12.1 Å². The Morgan fingerprint density at radius 1 is 0.958 bits per heavy atom. The molecule has 1 aromatic carbocycles. The topological polar surface area (TPSA) is 64.7 Å². The highest BCUT2D eigenvalue weighted by Crippen LogP contribution is 2.16. The number of urea groups is 2. The van der Waals surface area contributed by atoms with Gasteiger partial charge in [0.15, 0.2) is 0 Å². The highest BCUT2D eigenvalue weighted by Gasteiger charge is 2.28. The third-order valence-corrected chi connectivity index (χ3v) is 4.79. The number of hydrogen-bond acceptors (Lipinski definition) is 2. The van der Waals surface area contributed by atoms with E-state index in [1.54, 1.807) is 0 Å². The number of amides is 4. The smallest absolute Gasteiger partial charge is 0.319 e. The van der Waals surface area contributed by atoms with Crippen molar-refractivity contribution >= 4 is 17.7 Å². The summed E-state index contributed by atoms with van der Waals surface area (Å²) in [6.07, 6.45) is 3.84. The zero-order chi connectivity index (χ0) is 16.9. The largest absolute Gasteiger partial charge is 0.335 e. The summed E-state index contributed by atoms with van der Waals surface area (Å²) in [4.78, 5) is 28.3. The van der Waals surface area contributed by atoms with Gasteiger partial charge in [0, 0.05) is 37.9 Å². The van der Waals surface area contributed by atoms with Gasteiger partial charge in [-0.3, -0.25) is 0 Å². The minimum absolute atomic E-state index is 0.123. The highest BCUT2D eigenvalue weighted by molar-refractivity contribution is 5.89. The molecule has 0 unspecified atom stereocenters. The van der Waals surface area contributed by atoms with E-state index in [0.717, 1.165) is 50.0 Å². The molecule has 6 nitrogen and oxygen atoms in total. The quantitative estimate of drug-likeness (QED) is 0.876. The number of hydrogen-bond donors (Lipinski definition) is 2. The Morgan fingerprint density at radius 3 is 2.17 bits per heavy atom. The van der Waals surface area contributed by atoms with Crippen molar-refractivity contribution in [1.29, 1.82) is 0 Å². The van der Waals surface area contributed by atoms with Crippen LogP contribution in [0.3, 0.4) is 0 Å². The van der Waals surface area contributed by atoms with Crippen LogP contribution in [-0.4, -0.2) is 54.1 Å². The van der Waals surface area contributed by atoms with Crippen LogP contribution in [0.25, 0.3) is 0 Å². The maximum atomic E-state index is 12.4. The van der Waals surface area contributed by atoms with Crippen LogP contribution in [-0.2, 0) is 0 Å². The van der Waals surface area contributed by atoms with Crippen LogP contribution in [0.4, 0.5) is 15.3 Å². The molecule has 4 amide bonds.